The molecule has 1 N–H and O–H groups in total. The van der Waals surface area contributed by atoms with Crippen molar-refractivity contribution in [3.8, 4) is 0 Å². The van der Waals surface area contributed by atoms with Gasteiger partial charge in [0.25, 0.3) is 0 Å². The molecule has 1 aromatic carbocycles. The first-order chi connectivity index (χ1) is 5.86. The van der Waals surface area contributed by atoms with Crippen LogP contribution in [0.3, 0.4) is 0 Å². The molecular weight excluding hydrogens is 170 g/mol. The van der Waals surface area contributed by atoms with E-state index in [1.54, 1.807) is 0 Å². The standard InChI is InChI=1S/C10H12ClN/c11-9-4-1-3-8(7-9)10-5-2-6-12-10/h1,3-4,7,10,12H,2,5-6H2. The van der Waals surface area contributed by atoms with Crippen molar-refractivity contribution >= 4 is 11.6 Å². The van der Waals surface area contributed by atoms with E-state index in [-0.39, 0.29) is 0 Å². The van der Waals surface area contributed by atoms with Crippen LogP contribution in [0.1, 0.15) is 24.4 Å². The van der Waals surface area contributed by atoms with Gasteiger partial charge in [0.15, 0.2) is 0 Å². The summed E-state index contributed by atoms with van der Waals surface area (Å²) in [6, 6.07) is 8.64. The van der Waals surface area contributed by atoms with Gasteiger partial charge in [-0.1, -0.05) is 23.7 Å². The Morgan fingerprint density at radius 3 is 3.00 bits per heavy atom. The van der Waals surface area contributed by atoms with E-state index in [2.05, 4.69) is 11.4 Å². The molecule has 0 saturated carbocycles. The predicted octanol–water partition coefficient (Wildman–Crippen LogP) is 2.76. The Labute approximate surface area is 77.7 Å². The molecule has 0 bridgehead atoms. The highest BCUT2D eigenvalue weighted by Gasteiger charge is 2.15. The van der Waals surface area contributed by atoms with E-state index in [9.17, 15) is 0 Å². The van der Waals surface area contributed by atoms with Crippen molar-refractivity contribution in [1.29, 1.82) is 0 Å². The average molecular weight is 182 g/mol. The Kier molecular flexibility index (Phi) is 2.33. The van der Waals surface area contributed by atoms with E-state index in [4.69, 9.17) is 11.6 Å². The molecule has 0 amide bonds. The van der Waals surface area contributed by atoms with Crippen LogP contribution in [0.4, 0.5) is 0 Å². The van der Waals surface area contributed by atoms with Gasteiger partial charge in [0, 0.05) is 11.1 Å². The number of halogens is 1. The lowest BCUT2D eigenvalue weighted by atomic mass is 10.1. The molecule has 0 aliphatic carbocycles. The molecule has 1 aliphatic heterocycles. The summed E-state index contributed by atoms with van der Waals surface area (Å²) in [6.07, 6.45) is 2.51. The monoisotopic (exact) mass is 181 g/mol. The summed E-state index contributed by atoms with van der Waals surface area (Å²) < 4.78 is 0. The third-order valence-corrected chi connectivity index (χ3v) is 2.55. The minimum atomic E-state index is 0.531. The minimum absolute atomic E-state index is 0.531. The lowest BCUT2D eigenvalue weighted by molar-refractivity contribution is 0.648. The van der Waals surface area contributed by atoms with Gasteiger partial charge in [-0.3, -0.25) is 0 Å². The highest BCUT2D eigenvalue weighted by atomic mass is 35.5. The Hall–Kier alpha value is -0.530. The number of hydrogen-bond acceptors (Lipinski definition) is 1. The molecule has 1 atom stereocenters. The Morgan fingerprint density at radius 2 is 2.33 bits per heavy atom. The molecule has 1 nitrogen and oxygen atoms in total. The van der Waals surface area contributed by atoms with Gasteiger partial charge in [-0.05, 0) is 37.1 Å². The summed E-state index contributed by atoms with van der Waals surface area (Å²) in [4.78, 5) is 0. The smallest absolute Gasteiger partial charge is 0.0409 e. The van der Waals surface area contributed by atoms with Gasteiger partial charge in [-0.2, -0.15) is 0 Å². The summed E-state index contributed by atoms with van der Waals surface area (Å²) in [5.74, 6) is 0. The number of benzene rings is 1. The zero-order valence-corrected chi connectivity index (χ0v) is 7.64. The van der Waals surface area contributed by atoms with Gasteiger partial charge in [0.05, 0.1) is 0 Å². The number of hydrogen-bond donors (Lipinski definition) is 1. The second-order valence-corrected chi connectivity index (χ2v) is 3.64. The lowest BCUT2D eigenvalue weighted by Crippen LogP contribution is -2.12. The summed E-state index contributed by atoms with van der Waals surface area (Å²) in [5, 5.41) is 4.28. The summed E-state index contributed by atoms with van der Waals surface area (Å²) in [7, 11) is 0. The van der Waals surface area contributed by atoms with E-state index in [1.165, 1.54) is 18.4 Å². The van der Waals surface area contributed by atoms with Crippen molar-refractivity contribution in [2.24, 2.45) is 0 Å². The van der Waals surface area contributed by atoms with E-state index in [0.29, 0.717) is 6.04 Å². The highest BCUT2D eigenvalue weighted by molar-refractivity contribution is 6.30. The van der Waals surface area contributed by atoms with Crippen LogP contribution in [0.15, 0.2) is 24.3 Å². The molecule has 1 aliphatic rings. The van der Waals surface area contributed by atoms with Crippen molar-refractivity contribution in [1.82, 2.24) is 5.32 Å². The van der Waals surface area contributed by atoms with Gasteiger partial charge >= 0.3 is 0 Å². The van der Waals surface area contributed by atoms with Crippen molar-refractivity contribution < 1.29 is 0 Å². The molecule has 1 saturated heterocycles. The Bertz CT molecular complexity index is 266. The minimum Gasteiger partial charge on any atom is -0.310 e. The Balaban J connectivity index is 2.21. The zero-order chi connectivity index (χ0) is 8.39. The molecule has 2 rings (SSSR count). The third-order valence-electron chi connectivity index (χ3n) is 2.31. The van der Waals surface area contributed by atoms with Gasteiger partial charge in [0.2, 0.25) is 0 Å². The van der Waals surface area contributed by atoms with Gasteiger partial charge in [-0.15, -0.1) is 0 Å². The second-order valence-electron chi connectivity index (χ2n) is 3.20. The highest BCUT2D eigenvalue weighted by Crippen LogP contribution is 2.24. The van der Waals surface area contributed by atoms with E-state index < -0.39 is 0 Å². The predicted molar refractivity (Wildman–Crippen MR) is 51.4 cm³/mol. The summed E-state index contributed by atoms with van der Waals surface area (Å²) >= 11 is 5.90. The normalized spacial score (nSPS) is 22.9. The maximum atomic E-state index is 5.90. The lowest BCUT2D eigenvalue weighted by Gasteiger charge is -2.09. The first-order valence-corrected chi connectivity index (χ1v) is 4.73. The van der Waals surface area contributed by atoms with E-state index in [0.717, 1.165) is 11.6 Å². The van der Waals surface area contributed by atoms with Crippen LogP contribution in [0.25, 0.3) is 0 Å². The van der Waals surface area contributed by atoms with E-state index in [1.807, 2.05) is 18.2 Å². The molecule has 1 heterocycles. The van der Waals surface area contributed by atoms with Crippen LogP contribution in [-0.4, -0.2) is 6.54 Å². The van der Waals surface area contributed by atoms with E-state index >= 15 is 0 Å². The summed E-state index contributed by atoms with van der Waals surface area (Å²) in [5.41, 5.74) is 1.32. The molecular formula is C10H12ClN. The molecule has 0 spiro atoms. The van der Waals surface area contributed by atoms with Crippen LogP contribution in [-0.2, 0) is 0 Å². The summed E-state index contributed by atoms with van der Waals surface area (Å²) in [6.45, 7) is 1.14. The maximum Gasteiger partial charge on any atom is 0.0409 e. The van der Waals surface area contributed by atoms with Crippen LogP contribution in [0.5, 0.6) is 0 Å². The fourth-order valence-electron chi connectivity index (χ4n) is 1.69. The quantitative estimate of drug-likeness (QED) is 0.703. The first kappa shape index (κ1) is 8.09. The molecule has 2 heteroatoms. The van der Waals surface area contributed by atoms with Crippen LogP contribution < -0.4 is 5.32 Å². The number of rotatable bonds is 1. The fraction of sp³-hybridized carbons (Fsp3) is 0.400. The average Bonchev–Trinajstić information content (AvgIpc) is 2.56. The van der Waals surface area contributed by atoms with Crippen molar-refractivity contribution in [2.75, 3.05) is 6.54 Å². The molecule has 1 fully saturated rings. The third kappa shape index (κ3) is 1.62. The van der Waals surface area contributed by atoms with Gasteiger partial charge < -0.3 is 5.32 Å². The molecule has 64 valence electrons. The number of nitrogens with one attached hydrogen (secondary N) is 1. The molecule has 1 unspecified atom stereocenters. The van der Waals surface area contributed by atoms with Crippen LogP contribution >= 0.6 is 11.6 Å². The maximum absolute atomic E-state index is 5.90. The van der Waals surface area contributed by atoms with Crippen molar-refractivity contribution in [3.63, 3.8) is 0 Å². The zero-order valence-electron chi connectivity index (χ0n) is 6.89. The van der Waals surface area contributed by atoms with Gasteiger partial charge in [-0.25, -0.2) is 0 Å². The topological polar surface area (TPSA) is 12.0 Å². The van der Waals surface area contributed by atoms with Gasteiger partial charge in [0.1, 0.15) is 0 Å². The SMILES string of the molecule is Clc1cccc(C2CCCN2)c1. The Morgan fingerprint density at radius 1 is 1.42 bits per heavy atom. The molecule has 0 aromatic heterocycles. The van der Waals surface area contributed by atoms with Crippen molar-refractivity contribution in [2.45, 2.75) is 18.9 Å². The largest absolute Gasteiger partial charge is 0.310 e. The molecule has 1 aromatic rings. The molecule has 0 radical (unpaired) electrons. The van der Waals surface area contributed by atoms with Crippen LogP contribution in [0, 0.1) is 0 Å². The van der Waals surface area contributed by atoms with Crippen molar-refractivity contribution in [3.05, 3.63) is 34.9 Å². The second kappa shape index (κ2) is 3.46. The molecule has 12 heavy (non-hydrogen) atoms. The first-order valence-electron chi connectivity index (χ1n) is 4.35. The fourth-order valence-corrected chi connectivity index (χ4v) is 1.89. The van der Waals surface area contributed by atoms with Crippen LogP contribution in [0.2, 0.25) is 5.02 Å².